The summed E-state index contributed by atoms with van der Waals surface area (Å²) >= 11 is 0. The van der Waals surface area contributed by atoms with Crippen LogP contribution >= 0.6 is 0 Å². The van der Waals surface area contributed by atoms with Crippen LogP contribution in [0.5, 0.6) is 0 Å². The first-order valence-electron chi connectivity index (χ1n) is 7.15. The summed E-state index contributed by atoms with van der Waals surface area (Å²) < 4.78 is 27.0. The first-order chi connectivity index (χ1) is 11.4. The molecular formula is C16H16N4O3S. The molecule has 1 amide bonds. The Bertz CT molecular complexity index is 959. The van der Waals surface area contributed by atoms with Crippen molar-refractivity contribution in [1.82, 2.24) is 13.7 Å². The molecular weight excluding hydrogens is 328 g/mol. The molecule has 0 bridgehead atoms. The van der Waals surface area contributed by atoms with Crippen LogP contribution in [0.1, 0.15) is 10.4 Å². The maximum absolute atomic E-state index is 12.3. The Morgan fingerprint density at radius 3 is 2.46 bits per heavy atom. The summed E-state index contributed by atoms with van der Waals surface area (Å²) in [6.45, 7) is 0. The molecule has 0 saturated heterocycles. The lowest BCUT2D eigenvalue weighted by Gasteiger charge is -2.11. The fraction of sp³-hybridized carbons (Fsp3) is 0.125. The van der Waals surface area contributed by atoms with Gasteiger partial charge in [-0.3, -0.25) is 4.79 Å². The van der Waals surface area contributed by atoms with Crippen molar-refractivity contribution in [2.75, 3.05) is 19.4 Å². The zero-order valence-corrected chi connectivity index (χ0v) is 14.0. The zero-order chi connectivity index (χ0) is 17.3. The second-order valence-electron chi connectivity index (χ2n) is 5.36. The third-order valence-corrected chi connectivity index (χ3v) is 5.33. The molecule has 0 fully saturated rings. The van der Waals surface area contributed by atoms with Crippen molar-refractivity contribution in [2.45, 2.75) is 4.90 Å². The number of rotatable bonds is 4. The third-order valence-electron chi connectivity index (χ3n) is 3.50. The molecule has 124 valence electrons. The highest BCUT2D eigenvalue weighted by Gasteiger charge is 2.17. The van der Waals surface area contributed by atoms with Gasteiger partial charge >= 0.3 is 0 Å². The molecule has 0 unspecified atom stereocenters. The molecule has 0 aliphatic carbocycles. The van der Waals surface area contributed by atoms with Crippen molar-refractivity contribution in [3.05, 3.63) is 60.4 Å². The van der Waals surface area contributed by atoms with Crippen molar-refractivity contribution in [2.24, 2.45) is 0 Å². The van der Waals surface area contributed by atoms with Gasteiger partial charge in [-0.15, -0.1) is 0 Å². The Morgan fingerprint density at radius 1 is 1.12 bits per heavy atom. The molecule has 1 N–H and O–H groups in total. The number of nitrogens with one attached hydrogen (secondary N) is 1. The van der Waals surface area contributed by atoms with Crippen LogP contribution in [0.3, 0.4) is 0 Å². The van der Waals surface area contributed by atoms with E-state index in [9.17, 15) is 13.2 Å². The largest absolute Gasteiger partial charge is 0.305 e. The van der Waals surface area contributed by atoms with E-state index in [1.54, 1.807) is 10.6 Å². The number of aromatic nitrogens is 2. The number of pyridine rings is 1. The van der Waals surface area contributed by atoms with Crippen molar-refractivity contribution < 1.29 is 13.2 Å². The summed E-state index contributed by atoms with van der Waals surface area (Å²) in [4.78, 5) is 16.7. The smallest absolute Gasteiger partial charge is 0.256 e. The van der Waals surface area contributed by atoms with Crippen LogP contribution in [0.15, 0.2) is 59.8 Å². The Kier molecular flexibility index (Phi) is 4.08. The Morgan fingerprint density at radius 2 is 1.83 bits per heavy atom. The Balaban J connectivity index is 1.80. The third kappa shape index (κ3) is 3.01. The number of fused-ring (bicyclic) bond motifs is 1. The van der Waals surface area contributed by atoms with Crippen LogP contribution in [0.4, 0.5) is 5.82 Å². The van der Waals surface area contributed by atoms with Crippen molar-refractivity contribution in [3.8, 4) is 0 Å². The van der Waals surface area contributed by atoms with E-state index in [1.807, 2.05) is 24.4 Å². The molecule has 8 heteroatoms. The van der Waals surface area contributed by atoms with Crippen LogP contribution in [0.2, 0.25) is 0 Å². The SMILES string of the molecule is CN(C)S(=O)(=O)c1ccc(C(=O)Nc2cn3ccccc3n2)cc1. The second-order valence-corrected chi connectivity index (χ2v) is 7.51. The van der Waals surface area contributed by atoms with Gasteiger partial charge in [0, 0.05) is 25.9 Å². The van der Waals surface area contributed by atoms with Gasteiger partial charge in [0.2, 0.25) is 10.0 Å². The van der Waals surface area contributed by atoms with Crippen molar-refractivity contribution >= 4 is 27.4 Å². The topological polar surface area (TPSA) is 83.8 Å². The van der Waals surface area contributed by atoms with Crippen LogP contribution in [0, 0.1) is 0 Å². The number of hydrogen-bond donors (Lipinski definition) is 1. The lowest BCUT2D eigenvalue weighted by Crippen LogP contribution is -2.22. The first-order valence-corrected chi connectivity index (χ1v) is 8.59. The fourth-order valence-electron chi connectivity index (χ4n) is 2.17. The average Bonchev–Trinajstić information content (AvgIpc) is 2.97. The number of anilines is 1. The molecule has 0 atom stereocenters. The molecule has 1 aromatic carbocycles. The number of amides is 1. The van der Waals surface area contributed by atoms with E-state index in [0.29, 0.717) is 11.4 Å². The summed E-state index contributed by atoms with van der Waals surface area (Å²) in [6.07, 6.45) is 3.54. The summed E-state index contributed by atoms with van der Waals surface area (Å²) in [7, 11) is -0.594. The van der Waals surface area contributed by atoms with E-state index in [2.05, 4.69) is 10.3 Å². The quantitative estimate of drug-likeness (QED) is 0.783. The lowest BCUT2D eigenvalue weighted by atomic mass is 10.2. The highest BCUT2D eigenvalue weighted by atomic mass is 32.2. The molecule has 24 heavy (non-hydrogen) atoms. The van der Waals surface area contributed by atoms with Crippen LogP contribution in [-0.4, -0.2) is 42.1 Å². The van der Waals surface area contributed by atoms with E-state index in [1.165, 1.54) is 38.4 Å². The molecule has 2 heterocycles. The molecule has 0 radical (unpaired) electrons. The van der Waals surface area contributed by atoms with Crippen molar-refractivity contribution in [1.29, 1.82) is 0 Å². The van der Waals surface area contributed by atoms with E-state index < -0.39 is 10.0 Å². The van der Waals surface area contributed by atoms with Crippen LogP contribution in [0.25, 0.3) is 5.65 Å². The lowest BCUT2D eigenvalue weighted by molar-refractivity contribution is 0.102. The monoisotopic (exact) mass is 344 g/mol. The Labute approximate surface area is 139 Å². The zero-order valence-electron chi connectivity index (χ0n) is 13.2. The Hall–Kier alpha value is -2.71. The van der Waals surface area contributed by atoms with Crippen LogP contribution in [-0.2, 0) is 10.0 Å². The average molecular weight is 344 g/mol. The highest BCUT2D eigenvalue weighted by Crippen LogP contribution is 2.15. The first kappa shape index (κ1) is 16.2. The van der Waals surface area contributed by atoms with E-state index >= 15 is 0 Å². The van der Waals surface area contributed by atoms with Gasteiger partial charge in [0.1, 0.15) is 5.65 Å². The summed E-state index contributed by atoms with van der Waals surface area (Å²) in [5.41, 5.74) is 1.07. The van der Waals surface area contributed by atoms with Gasteiger partial charge in [-0.05, 0) is 36.4 Å². The maximum atomic E-state index is 12.3. The number of imidazole rings is 1. The number of carbonyl (C=O) groups excluding carboxylic acids is 1. The maximum Gasteiger partial charge on any atom is 0.256 e. The predicted octanol–water partition coefficient (Wildman–Crippen LogP) is 1.84. The predicted molar refractivity (Wildman–Crippen MR) is 90.5 cm³/mol. The fourth-order valence-corrected chi connectivity index (χ4v) is 3.07. The van der Waals surface area contributed by atoms with Gasteiger partial charge in [-0.2, -0.15) is 0 Å². The van der Waals surface area contributed by atoms with Gasteiger partial charge in [-0.25, -0.2) is 17.7 Å². The number of benzene rings is 1. The van der Waals surface area contributed by atoms with Gasteiger partial charge in [0.25, 0.3) is 5.91 Å². The van der Waals surface area contributed by atoms with Gasteiger partial charge in [0.05, 0.1) is 11.1 Å². The summed E-state index contributed by atoms with van der Waals surface area (Å²) in [5, 5.41) is 2.70. The molecule has 3 rings (SSSR count). The molecule has 3 aromatic rings. The number of sulfonamides is 1. The normalized spacial score (nSPS) is 11.8. The summed E-state index contributed by atoms with van der Waals surface area (Å²) in [5.74, 6) is 0.0726. The van der Waals surface area contributed by atoms with Gasteiger partial charge in [-0.1, -0.05) is 6.07 Å². The van der Waals surface area contributed by atoms with E-state index in [-0.39, 0.29) is 10.8 Å². The molecule has 0 aliphatic rings. The molecule has 0 aliphatic heterocycles. The standard InChI is InChI=1S/C16H16N4O3S/c1-19(2)24(22,23)13-8-6-12(7-9-13)16(21)18-14-11-20-10-4-3-5-15(20)17-14/h3-11H,1-2H3,(H,18,21). The van der Waals surface area contributed by atoms with E-state index in [4.69, 9.17) is 0 Å². The molecule has 2 aromatic heterocycles. The van der Waals surface area contributed by atoms with Gasteiger partial charge < -0.3 is 9.72 Å². The van der Waals surface area contributed by atoms with Crippen LogP contribution < -0.4 is 5.32 Å². The van der Waals surface area contributed by atoms with Gasteiger partial charge in [0.15, 0.2) is 5.82 Å². The second kappa shape index (κ2) is 6.06. The molecule has 0 spiro atoms. The molecule has 0 saturated carbocycles. The number of hydrogen-bond acceptors (Lipinski definition) is 4. The van der Waals surface area contributed by atoms with Crippen molar-refractivity contribution in [3.63, 3.8) is 0 Å². The minimum atomic E-state index is -3.51. The highest BCUT2D eigenvalue weighted by molar-refractivity contribution is 7.89. The number of carbonyl (C=O) groups is 1. The van der Waals surface area contributed by atoms with E-state index in [0.717, 1.165) is 9.95 Å². The summed E-state index contributed by atoms with van der Waals surface area (Å²) in [6, 6.07) is 11.3. The number of nitrogens with zero attached hydrogens (tertiary/aromatic N) is 3. The minimum absolute atomic E-state index is 0.136. The molecule has 7 nitrogen and oxygen atoms in total. The minimum Gasteiger partial charge on any atom is -0.305 e.